The molecular formula is C11H8F6O2. The molecule has 0 fully saturated rings. The molecule has 1 rings (SSSR count). The Morgan fingerprint density at radius 1 is 1.05 bits per heavy atom. The van der Waals surface area contributed by atoms with Crippen molar-refractivity contribution in [3.05, 3.63) is 29.3 Å². The predicted molar refractivity (Wildman–Crippen MR) is 52.4 cm³/mol. The van der Waals surface area contributed by atoms with E-state index < -0.39 is 35.2 Å². The highest BCUT2D eigenvalue weighted by Gasteiger charge is 2.43. The first-order valence-electron chi connectivity index (χ1n) is 5.04. The molecule has 1 aromatic rings. The van der Waals surface area contributed by atoms with E-state index in [0.29, 0.717) is 6.07 Å². The van der Waals surface area contributed by atoms with Crippen molar-refractivity contribution in [1.82, 2.24) is 0 Å². The molecule has 0 N–H and O–H groups in total. The molecule has 0 aliphatic rings. The molecule has 0 aromatic heterocycles. The molecule has 0 bridgehead atoms. The highest BCUT2D eigenvalue weighted by atomic mass is 19.4. The van der Waals surface area contributed by atoms with Crippen LogP contribution >= 0.6 is 0 Å². The van der Waals surface area contributed by atoms with Gasteiger partial charge in [-0.2, -0.15) is 26.3 Å². The molecule has 0 unspecified atom stereocenters. The van der Waals surface area contributed by atoms with E-state index in [1.165, 1.54) is 6.92 Å². The van der Waals surface area contributed by atoms with Gasteiger partial charge in [0.2, 0.25) is 0 Å². The summed E-state index contributed by atoms with van der Waals surface area (Å²) in [5, 5.41) is 0. The molecule has 0 saturated carbocycles. The number of hydrogen-bond acceptors (Lipinski definition) is 2. The summed E-state index contributed by atoms with van der Waals surface area (Å²) in [6, 6.07) is 1.07. The van der Waals surface area contributed by atoms with Crippen molar-refractivity contribution in [3.63, 3.8) is 0 Å². The third kappa shape index (κ3) is 3.87. The van der Waals surface area contributed by atoms with Gasteiger partial charge in [-0.3, -0.25) is 4.79 Å². The Morgan fingerprint density at radius 2 is 1.58 bits per heavy atom. The fourth-order valence-electron chi connectivity index (χ4n) is 1.27. The summed E-state index contributed by atoms with van der Waals surface area (Å²) in [6.45, 7) is 1.40. The van der Waals surface area contributed by atoms with Crippen molar-refractivity contribution in [3.8, 4) is 5.75 Å². The van der Waals surface area contributed by atoms with Gasteiger partial charge in [-0.1, -0.05) is 6.92 Å². The minimum atomic E-state index is -5.19. The van der Waals surface area contributed by atoms with Crippen LogP contribution in [-0.4, -0.2) is 5.97 Å². The maximum absolute atomic E-state index is 12.5. The molecule has 0 atom stereocenters. The fraction of sp³-hybridized carbons (Fsp3) is 0.364. The standard InChI is InChI=1S/C11H8F6O2/c1-2-9(18)19-6-3-4-7(10(12,13)14)8(5-6)11(15,16)17/h3-5H,2H2,1H3. The van der Waals surface area contributed by atoms with E-state index in [2.05, 4.69) is 4.74 Å². The van der Waals surface area contributed by atoms with Gasteiger partial charge in [0.25, 0.3) is 0 Å². The number of carbonyl (C=O) groups is 1. The normalized spacial score (nSPS) is 12.4. The van der Waals surface area contributed by atoms with E-state index in [0.717, 1.165) is 0 Å². The smallest absolute Gasteiger partial charge is 0.417 e. The molecule has 19 heavy (non-hydrogen) atoms. The maximum atomic E-state index is 12.5. The molecule has 106 valence electrons. The summed E-state index contributed by atoms with van der Waals surface area (Å²) in [4.78, 5) is 10.9. The zero-order chi connectivity index (χ0) is 14.8. The van der Waals surface area contributed by atoms with E-state index in [4.69, 9.17) is 0 Å². The highest BCUT2D eigenvalue weighted by molar-refractivity contribution is 5.72. The number of rotatable bonds is 2. The second-order valence-corrected chi connectivity index (χ2v) is 3.53. The Labute approximate surface area is 104 Å². The predicted octanol–water partition coefficient (Wildman–Crippen LogP) is 4.04. The van der Waals surface area contributed by atoms with Crippen LogP contribution in [0.3, 0.4) is 0 Å². The number of ether oxygens (including phenoxy) is 1. The van der Waals surface area contributed by atoms with Gasteiger partial charge in [-0.05, 0) is 18.2 Å². The Bertz CT molecular complexity index is 475. The van der Waals surface area contributed by atoms with Crippen LogP contribution in [0, 0.1) is 0 Å². The van der Waals surface area contributed by atoms with Crippen LogP contribution in [0.25, 0.3) is 0 Å². The van der Waals surface area contributed by atoms with Gasteiger partial charge in [-0.15, -0.1) is 0 Å². The van der Waals surface area contributed by atoms with Crippen molar-refractivity contribution in [2.45, 2.75) is 25.7 Å². The Balaban J connectivity index is 3.28. The first-order valence-corrected chi connectivity index (χ1v) is 5.04. The topological polar surface area (TPSA) is 26.3 Å². The van der Waals surface area contributed by atoms with E-state index in [1.807, 2.05) is 0 Å². The van der Waals surface area contributed by atoms with Crippen LogP contribution in [0.2, 0.25) is 0 Å². The number of alkyl halides is 6. The van der Waals surface area contributed by atoms with Crippen molar-refractivity contribution < 1.29 is 35.9 Å². The van der Waals surface area contributed by atoms with Crippen molar-refractivity contribution in [2.24, 2.45) is 0 Å². The molecule has 0 amide bonds. The lowest BCUT2D eigenvalue weighted by atomic mass is 10.1. The van der Waals surface area contributed by atoms with Crippen LogP contribution in [0.1, 0.15) is 24.5 Å². The van der Waals surface area contributed by atoms with E-state index in [9.17, 15) is 31.1 Å². The summed E-state index contributed by atoms with van der Waals surface area (Å²) >= 11 is 0. The largest absolute Gasteiger partial charge is 0.427 e. The number of halogens is 6. The number of hydrogen-bond donors (Lipinski definition) is 0. The summed E-state index contributed by atoms with van der Waals surface area (Å²) in [6.07, 6.45) is -10.4. The molecule has 0 aliphatic carbocycles. The minimum absolute atomic E-state index is 0.109. The summed E-state index contributed by atoms with van der Waals surface area (Å²) < 4.78 is 79.4. The molecular weight excluding hydrogens is 278 g/mol. The minimum Gasteiger partial charge on any atom is -0.427 e. The number of esters is 1. The van der Waals surface area contributed by atoms with E-state index in [-0.39, 0.29) is 18.6 Å². The first kappa shape index (κ1) is 15.3. The van der Waals surface area contributed by atoms with Crippen molar-refractivity contribution >= 4 is 5.97 Å². The van der Waals surface area contributed by atoms with E-state index in [1.54, 1.807) is 0 Å². The average Bonchev–Trinajstić information content (AvgIpc) is 2.26. The lowest BCUT2D eigenvalue weighted by Gasteiger charge is -2.16. The Morgan fingerprint density at radius 3 is 2.00 bits per heavy atom. The monoisotopic (exact) mass is 286 g/mol. The lowest BCUT2D eigenvalue weighted by molar-refractivity contribution is -0.162. The van der Waals surface area contributed by atoms with Gasteiger partial charge in [0.15, 0.2) is 0 Å². The highest BCUT2D eigenvalue weighted by Crippen LogP contribution is 2.41. The molecule has 8 heteroatoms. The van der Waals surface area contributed by atoms with Crippen LogP contribution < -0.4 is 4.74 Å². The quantitative estimate of drug-likeness (QED) is 0.466. The van der Waals surface area contributed by atoms with Gasteiger partial charge >= 0.3 is 18.3 Å². The van der Waals surface area contributed by atoms with E-state index >= 15 is 0 Å². The van der Waals surface area contributed by atoms with Gasteiger partial charge in [-0.25, -0.2) is 0 Å². The SMILES string of the molecule is CCC(=O)Oc1ccc(C(F)(F)F)c(C(F)(F)F)c1. The fourth-order valence-corrected chi connectivity index (χ4v) is 1.27. The molecule has 0 radical (unpaired) electrons. The first-order chi connectivity index (χ1) is 8.55. The molecule has 0 saturated heterocycles. The van der Waals surface area contributed by atoms with Crippen LogP contribution in [0.4, 0.5) is 26.3 Å². The summed E-state index contributed by atoms with van der Waals surface area (Å²) in [7, 11) is 0. The molecule has 0 spiro atoms. The second kappa shape index (κ2) is 5.10. The zero-order valence-corrected chi connectivity index (χ0v) is 9.52. The molecule has 0 heterocycles. The summed E-state index contributed by atoms with van der Waals surface area (Å²) in [5.41, 5.74) is -3.71. The van der Waals surface area contributed by atoms with Crippen LogP contribution in [0.5, 0.6) is 5.75 Å². The van der Waals surface area contributed by atoms with Gasteiger partial charge in [0.05, 0.1) is 11.1 Å². The molecule has 0 aliphatic heterocycles. The lowest BCUT2D eigenvalue weighted by Crippen LogP contribution is -2.17. The average molecular weight is 286 g/mol. The molecule has 1 aromatic carbocycles. The number of carbonyl (C=O) groups excluding carboxylic acids is 1. The number of benzene rings is 1. The Hall–Kier alpha value is -1.73. The zero-order valence-electron chi connectivity index (χ0n) is 9.52. The van der Waals surface area contributed by atoms with Gasteiger partial charge in [0.1, 0.15) is 5.75 Å². The van der Waals surface area contributed by atoms with Gasteiger partial charge in [0, 0.05) is 6.42 Å². The summed E-state index contributed by atoms with van der Waals surface area (Å²) in [5.74, 6) is -1.42. The second-order valence-electron chi connectivity index (χ2n) is 3.53. The third-order valence-electron chi connectivity index (χ3n) is 2.12. The third-order valence-corrected chi connectivity index (χ3v) is 2.12. The Kier molecular flexibility index (Phi) is 4.12. The maximum Gasteiger partial charge on any atom is 0.417 e. The molecule has 2 nitrogen and oxygen atoms in total. The van der Waals surface area contributed by atoms with Crippen molar-refractivity contribution in [2.75, 3.05) is 0 Å². The van der Waals surface area contributed by atoms with Crippen LogP contribution in [-0.2, 0) is 17.1 Å². The van der Waals surface area contributed by atoms with Gasteiger partial charge < -0.3 is 4.74 Å². The van der Waals surface area contributed by atoms with Crippen LogP contribution in [0.15, 0.2) is 18.2 Å². The van der Waals surface area contributed by atoms with Crippen molar-refractivity contribution in [1.29, 1.82) is 0 Å².